The molecule has 156 valence electrons. The molecule has 0 saturated carbocycles. The molecule has 6 nitrogen and oxygen atoms in total. The van der Waals surface area contributed by atoms with Crippen LogP contribution in [0.5, 0.6) is 5.75 Å². The van der Waals surface area contributed by atoms with Gasteiger partial charge in [0.05, 0.1) is 28.3 Å². The van der Waals surface area contributed by atoms with E-state index in [2.05, 4.69) is 9.71 Å². The highest BCUT2D eigenvalue weighted by Gasteiger charge is 2.24. The average Bonchev–Trinajstić information content (AvgIpc) is 2.69. The second kappa shape index (κ2) is 8.45. The lowest BCUT2D eigenvalue weighted by molar-refractivity contribution is 0.103. The van der Waals surface area contributed by atoms with E-state index in [1.807, 2.05) is 13.8 Å². The van der Waals surface area contributed by atoms with Crippen LogP contribution in [0.3, 0.4) is 0 Å². The van der Waals surface area contributed by atoms with E-state index in [0.717, 1.165) is 11.1 Å². The average molecular weight is 445 g/mol. The first-order chi connectivity index (χ1) is 14.1. The fourth-order valence-corrected chi connectivity index (χ4v) is 4.30. The Morgan fingerprint density at radius 1 is 1.03 bits per heavy atom. The molecule has 0 unspecified atom stereocenters. The summed E-state index contributed by atoms with van der Waals surface area (Å²) in [5.74, 6) is -0.0980. The molecule has 0 aliphatic rings. The van der Waals surface area contributed by atoms with Gasteiger partial charge in [-0.2, -0.15) is 0 Å². The molecule has 0 atom stereocenters. The largest absolute Gasteiger partial charge is 0.496 e. The molecule has 0 aliphatic heterocycles. The maximum absolute atomic E-state index is 13.3. The van der Waals surface area contributed by atoms with Crippen LogP contribution in [0.4, 0.5) is 5.69 Å². The number of benzene rings is 2. The normalized spacial score (nSPS) is 11.2. The highest BCUT2D eigenvalue weighted by molar-refractivity contribution is 7.92. The molecule has 3 rings (SSSR count). The topological polar surface area (TPSA) is 85.4 Å². The Morgan fingerprint density at radius 2 is 1.77 bits per heavy atom. The Kier molecular flexibility index (Phi) is 6.14. The summed E-state index contributed by atoms with van der Waals surface area (Å²) in [6.45, 7) is 5.49. The van der Waals surface area contributed by atoms with Gasteiger partial charge in [-0.25, -0.2) is 13.4 Å². The number of carbonyl (C=O) groups excluding carboxylic acids is 1. The van der Waals surface area contributed by atoms with Crippen LogP contribution in [-0.2, 0) is 10.0 Å². The summed E-state index contributed by atoms with van der Waals surface area (Å²) in [6, 6.07) is 11.4. The number of anilines is 1. The molecule has 1 aromatic heterocycles. The van der Waals surface area contributed by atoms with Gasteiger partial charge in [0.15, 0.2) is 0 Å². The third-order valence-corrected chi connectivity index (χ3v) is 6.35. The van der Waals surface area contributed by atoms with E-state index in [0.29, 0.717) is 16.9 Å². The van der Waals surface area contributed by atoms with Crippen molar-refractivity contribution in [2.45, 2.75) is 25.7 Å². The van der Waals surface area contributed by atoms with Crippen molar-refractivity contribution in [3.63, 3.8) is 0 Å². The molecule has 0 bridgehead atoms. The molecule has 0 radical (unpaired) electrons. The Balaban J connectivity index is 2.09. The molecule has 2 aromatic carbocycles. The van der Waals surface area contributed by atoms with Gasteiger partial charge in [-0.05, 0) is 61.7 Å². The molecule has 1 N–H and O–H groups in total. The fourth-order valence-electron chi connectivity index (χ4n) is 3.00. The maximum atomic E-state index is 13.3. The monoisotopic (exact) mass is 444 g/mol. The number of ketones is 1. The van der Waals surface area contributed by atoms with Gasteiger partial charge in [0, 0.05) is 6.20 Å². The number of methoxy groups -OCH3 is 1. The molecule has 0 fully saturated rings. The Morgan fingerprint density at radius 3 is 2.43 bits per heavy atom. The standard InChI is InChI=1S/C22H21ClN2O4S/c1-13-8-9-17(10-15(13)3)30(27,28)25-18-11-16(23)12-24-21(18)22(26)20-14(2)6-5-7-19(20)29-4/h5-12,25H,1-4H3. The SMILES string of the molecule is COc1cccc(C)c1C(=O)c1ncc(Cl)cc1NS(=O)(=O)c1ccc(C)c(C)c1. The summed E-state index contributed by atoms with van der Waals surface area (Å²) < 4.78 is 33.7. The molecule has 0 saturated heterocycles. The predicted octanol–water partition coefficient (Wildman–Crippen LogP) is 4.70. The van der Waals surface area contributed by atoms with Crippen molar-refractivity contribution < 1.29 is 17.9 Å². The first kappa shape index (κ1) is 21.8. The van der Waals surface area contributed by atoms with Gasteiger partial charge in [-0.15, -0.1) is 0 Å². The van der Waals surface area contributed by atoms with E-state index in [4.69, 9.17) is 16.3 Å². The van der Waals surface area contributed by atoms with Crippen molar-refractivity contribution in [3.05, 3.63) is 81.6 Å². The van der Waals surface area contributed by atoms with Gasteiger partial charge >= 0.3 is 0 Å². The summed E-state index contributed by atoms with van der Waals surface area (Å²) in [5, 5.41) is 0.195. The van der Waals surface area contributed by atoms with Gasteiger partial charge < -0.3 is 4.74 Å². The van der Waals surface area contributed by atoms with Crippen LogP contribution in [0.25, 0.3) is 0 Å². The molecule has 8 heteroatoms. The fraction of sp³-hybridized carbons (Fsp3) is 0.182. The molecule has 0 aliphatic carbocycles. The van der Waals surface area contributed by atoms with Crippen molar-refractivity contribution in [1.82, 2.24) is 4.98 Å². The number of hydrogen-bond acceptors (Lipinski definition) is 5. The molecule has 0 amide bonds. The van der Waals surface area contributed by atoms with Crippen molar-refractivity contribution in [2.75, 3.05) is 11.8 Å². The van der Waals surface area contributed by atoms with E-state index in [1.165, 1.54) is 25.4 Å². The quantitative estimate of drug-likeness (QED) is 0.557. The highest BCUT2D eigenvalue weighted by atomic mass is 35.5. The zero-order chi connectivity index (χ0) is 22.1. The number of aryl methyl sites for hydroxylation is 3. The lowest BCUT2D eigenvalue weighted by atomic mass is 10.0. The molecule has 30 heavy (non-hydrogen) atoms. The van der Waals surface area contributed by atoms with Crippen LogP contribution in [-0.4, -0.2) is 26.3 Å². The van der Waals surface area contributed by atoms with E-state index in [1.54, 1.807) is 37.3 Å². The number of carbonyl (C=O) groups is 1. The van der Waals surface area contributed by atoms with Gasteiger partial charge in [-0.1, -0.05) is 29.8 Å². The molecule has 0 spiro atoms. The number of rotatable bonds is 6. The number of aromatic nitrogens is 1. The second-order valence-corrected chi connectivity index (χ2v) is 9.00. The first-order valence-corrected chi connectivity index (χ1v) is 10.9. The zero-order valence-corrected chi connectivity index (χ0v) is 18.6. The van der Waals surface area contributed by atoms with Gasteiger partial charge in [-0.3, -0.25) is 9.52 Å². The second-order valence-electron chi connectivity index (χ2n) is 6.88. The van der Waals surface area contributed by atoms with Crippen molar-refractivity contribution in [3.8, 4) is 5.75 Å². The van der Waals surface area contributed by atoms with Crippen molar-refractivity contribution in [1.29, 1.82) is 0 Å². The summed E-state index contributed by atoms with van der Waals surface area (Å²) in [5.41, 5.74) is 2.72. The number of hydrogen-bond donors (Lipinski definition) is 1. The van der Waals surface area contributed by atoms with Gasteiger partial charge in [0.25, 0.3) is 10.0 Å². The lowest BCUT2D eigenvalue weighted by Gasteiger charge is -2.15. The Labute approximate surface area is 180 Å². The summed E-state index contributed by atoms with van der Waals surface area (Å²) >= 11 is 6.04. The van der Waals surface area contributed by atoms with Gasteiger partial charge in [0.2, 0.25) is 5.78 Å². The molecular formula is C22H21ClN2O4S. The predicted molar refractivity (Wildman–Crippen MR) is 117 cm³/mol. The third kappa shape index (κ3) is 4.32. The number of pyridine rings is 1. The first-order valence-electron chi connectivity index (χ1n) is 9.08. The number of halogens is 1. The summed E-state index contributed by atoms with van der Waals surface area (Å²) in [4.78, 5) is 17.5. The minimum atomic E-state index is -3.97. The smallest absolute Gasteiger partial charge is 0.261 e. The molecule has 1 heterocycles. The number of sulfonamides is 1. The van der Waals surface area contributed by atoms with Crippen LogP contribution in [0.1, 0.15) is 32.7 Å². The third-order valence-electron chi connectivity index (χ3n) is 4.78. The van der Waals surface area contributed by atoms with E-state index in [9.17, 15) is 13.2 Å². The zero-order valence-electron chi connectivity index (χ0n) is 17.0. The van der Waals surface area contributed by atoms with Crippen LogP contribution >= 0.6 is 11.6 Å². The van der Waals surface area contributed by atoms with E-state index >= 15 is 0 Å². The Bertz CT molecular complexity index is 1240. The summed E-state index contributed by atoms with van der Waals surface area (Å²) in [7, 11) is -2.50. The van der Waals surface area contributed by atoms with Crippen LogP contribution in [0.2, 0.25) is 5.02 Å². The number of nitrogens with zero attached hydrogens (tertiary/aromatic N) is 1. The van der Waals surface area contributed by atoms with Crippen molar-refractivity contribution in [2.24, 2.45) is 0 Å². The van der Waals surface area contributed by atoms with Crippen molar-refractivity contribution >= 4 is 33.1 Å². The number of nitrogens with one attached hydrogen (secondary N) is 1. The van der Waals surface area contributed by atoms with Crippen LogP contribution < -0.4 is 9.46 Å². The Hall–Kier alpha value is -2.90. The van der Waals surface area contributed by atoms with Crippen LogP contribution in [0, 0.1) is 20.8 Å². The maximum Gasteiger partial charge on any atom is 0.261 e. The lowest BCUT2D eigenvalue weighted by Crippen LogP contribution is -2.18. The minimum absolute atomic E-state index is 0.00367. The van der Waals surface area contributed by atoms with Gasteiger partial charge in [0.1, 0.15) is 11.4 Å². The van der Waals surface area contributed by atoms with Crippen LogP contribution in [0.15, 0.2) is 53.6 Å². The van der Waals surface area contributed by atoms with E-state index in [-0.39, 0.29) is 21.3 Å². The van der Waals surface area contributed by atoms with E-state index < -0.39 is 15.8 Å². The summed E-state index contributed by atoms with van der Waals surface area (Å²) in [6.07, 6.45) is 1.30. The molecular weight excluding hydrogens is 424 g/mol. The molecule has 3 aromatic rings. The minimum Gasteiger partial charge on any atom is -0.496 e. The highest BCUT2D eigenvalue weighted by Crippen LogP contribution is 2.29. The number of ether oxygens (including phenoxy) is 1.